The third kappa shape index (κ3) is 2.63. The predicted octanol–water partition coefficient (Wildman–Crippen LogP) is 2.91. The van der Waals surface area contributed by atoms with E-state index in [9.17, 15) is 5.11 Å². The van der Waals surface area contributed by atoms with Crippen LogP contribution in [0.3, 0.4) is 0 Å². The number of aliphatic hydroxyl groups excluding tert-OH is 1. The van der Waals surface area contributed by atoms with Crippen molar-refractivity contribution < 1.29 is 14.6 Å². The number of ether oxygens (including phenoxy) is 2. The monoisotopic (exact) mass is 274 g/mol. The molecule has 0 spiro atoms. The highest BCUT2D eigenvalue weighted by Gasteiger charge is 2.15. The summed E-state index contributed by atoms with van der Waals surface area (Å²) in [5.41, 5.74) is 0.750. The highest BCUT2D eigenvalue weighted by molar-refractivity contribution is 9.10. The zero-order valence-corrected chi connectivity index (χ0v) is 10.7. The molecule has 1 atom stereocenters. The number of rotatable bonds is 4. The zero-order chi connectivity index (χ0) is 11.4. The minimum atomic E-state index is -0.526. The molecule has 0 fully saturated rings. The van der Waals surface area contributed by atoms with Crippen molar-refractivity contribution in [3.63, 3.8) is 0 Å². The van der Waals surface area contributed by atoms with Crippen LogP contribution in [0, 0.1) is 0 Å². The summed E-state index contributed by atoms with van der Waals surface area (Å²) in [6.07, 6.45) is 0.114. The van der Waals surface area contributed by atoms with Crippen LogP contribution in [0.5, 0.6) is 11.5 Å². The quantitative estimate of drug-likeness (QED) is 0.918. The molecule has 1 N–H and O–H groups in total. The van der Waals surface area contributed by atoms with Gasteiger partial charge in [0.05, 0.1) is 24.8 Å². The Labute approximate surface area is 98.1 Å². The van der Waals surface area contributed by atoms with Crippen LogP contribution in [0.15, 0.2) is 16.6 Å². The molecule has 0 aliphatic heterocycles. The Morgan fingerprint density at radius 3 is 2.33 bits per heavy atom. The topological polar surface area (TPSA) is 38.7 Å². The molecule has 0 heterocycles. The Morgan fingerprint density at radius 1 is 1.27 bits per heavy atom. The van der Waals surface area contributed by atoms with E-state index in [1.165, 1.54) is 0 Å². The van der Waals surface area contributed by atoms with Crippen LogP contribution in [-0.2, 0) is 0 Å². The zero-order valence-electron chi connectivity index (χ0n) is 9.08. The molecular weight excluding hydrogens is 260 g/mol. The Hall–Kier alpha value is -0.740. The summed E-state index contributed by atoms with van der Waals surface area (Å²) in [5, 5.41) is 9.80. The summed E-state index contributed by atoms with van der Waals surface area (Å²) in [7, 11) is 3.18. The van der Waals surface area contributed by atoms with Gasteiger partial charge >= 0.3 is 0 Å². The molecule has 1 rings (SSSR count). The molecule has 0 saturated heterocycles. The van der Waals surface area contributed by atoms with Crippen LogP contribution < -0.4 is 9.47 Å². The molecule has 0 aliphatic carbocycles. The van der Waals surface area contributed by atoms with Crippen LogP contribution in [0.2, 0.25) is 0 Å². The molecule has 84 valence electrons. The molecule has 0 amide bonds. The van der Waals surface area contributed by atoms with E-state index in [4.69, 9.17) is 9.47 Å². The minimum Gasteiger partial charge on any atom is -0.496 e. The number of aliphatic hydroxyl groups is 1. The van der Waals surface area contributed by atoms with Crippen molar-refractivity contribution in [2.24, 2.45) is 0 Å². The Bertz CT molecular complexity index is 339. The fourth-order valence-electron chi connectivity index (χ4n) is 1.36. The van der Waals surface area contributed by atoms with E-state index < -0.39 is 6.10 Å². The molecule has 0 radical (unpaired) electrons. The molecule has 0 bridgehead atoms. The predicted molar refractivity (Wildman–Crippen MR) is 62.5 cm³/mol. The average Bonchev–Trinajstić information content (AvgIpc) is 2.27. The Kier molecular flexibility index (Phi) is 4.42. The lowest BCUT2D eigenvalue weighted by molar-refractivity contribution is 0.169. The van der Waals surface area contributed by atoms with Gasteiger partial charge in [-0.15, -0.1) is 0 Å². The van der Waals surface area contributed by atoms with Gasteiger partial charge in [0.2, 0.25) is 0 Å². The lowest BCUT2D eigenvalue weighted by Gasteiger charge is -2.15. The Balaban J connectivity index is 3.22. The van der Waals surface area contributed by atoms with Crippen molar-refractivity contribution in [2.45, 2.75) is 19.4 Å². The molecule has 4 heteroatoms. The summed E-state index contributed by atoms with van der Waals surface area (Å²) in [5.74, 6) is 1.36. The van der Waals surface area contributed by atoms with Gasteiger partial charge in [0, 0.05) is 5.56 Å². The van der Waals surface area contributed by atoms with Gasteiger partial charge in [-0.05, 0) is 34.5 Å². The number of hydrogen-bond acceptors (Lipinski definition) is 3. The van der Waals surface area contributed by atoms with Gasteiger partial charge in [-0.1, -0.05) is 6.92 Å². The van der Waals surface area contributed by atoms with E-state index in [2.05, 4.69) is 15.9 Å². The van der Waals surface area contributed by atoms with Crippen LogP contribution in [-0.4, -0.2) is 19.3 Å². The van der Waals surface area contributed by atoms with E-state index in [-0.39, 0.29) is 0 Å². The third-order valence-electron chi connectivity index (χ3n) is 2.25. The Morgan fingerprint density at radius 2 is 1.87 bits per heavy atom. The largest absolute Gasteiger partial charge is 0.496 e. The van der Waals surface area contributed by atoms with E-state index in [0.717, 1.165) is 10.0 Å². The van der Waals surface area contributed by atoms with Gasteiger partial charge in [-0.2, -0.15) is 0 Å². The molecule has 3 nitrogen and oxygen atoms in total. The van der Waals surface area contributed by atoms with E-state index in [1.807, 2.05) is 6.92 Å². The second-order valence-electron chi connectivity index (χ2n) is 3.15. The number of halogens is 1. The second kappa shape index (κ2) is 5.37. The first-order valence-electron chi connectivity index (χ1n) is 4.73. The van der Waals surface area contributed by atoms with Gasteiger partial charge in [0.15, 0.2) is 0 Å². The van der Waals surface area contributed by atoms with E-state index in [1.54, 1.807) is 26.4 Å². The average molecular weight is 275 g/mol. The summed E-state index contributed by atoms with van der Waals surface area (Å²) in [6, 6.07) is 3.59. The lowest BCUT2D eigenvalue weighted by atomic mass is 10.1. The van der Waals surface area contributed by atoms with Crippen molar-refractivity contribution in [3.8, 4) is 11.5 Å². The lowest BCUT2D eigenvalue weighted by Crippen LogP contribution is -2.00. The van der Waals surface area contributed by atoms with Gasteiger partial charge in [-0.3, -0.25) is 0 Å². The second-order valence-corrected chi connectivity index (χ2v) is 4.01. The van der Waals surface area contributed by atoms with Gasteiger partial charge < -0.3 is 14.6 Å². The number of hydrogen-bond donors (Lipinski definition) is 1. The van der Waals surface area contributed by atoms with Crippen LogP contribution in [0.25, 0.3) is 0 Å². The highest BCUT2D eigenvalue weighted by atomic mass is 79.9. The fourth-order valence-corrected chi connectivity index (χ4v) is 1.85. The molecule has 0 unspecified atom stereocenters. The molecule has 15 heavy (non-hydrogen) atoms. The summed E-state index contributed by atoms with van der Waals surface area (Å²) >= 11 is 3.37. The van der Waals surface area contributed by atoms with Crippen LogP contribution in [0.4, 0.5) is 0 Å². The van der Waals surface area contributed by atoms with E-state index >= 15 is 0 Å². The van der Waals surface area contributed by atoms with E-state index in [0.29, 0.717) is 17.9 Å². The standard InChI is InChI=1S/C11H15BrO3/c1-4-9(13)7-5-11(15-3)8(12)6-10(7)14-2/h5-6,9,13H,4H2,1-3H3/t9-/m1/s1. The van der Waals surface area contributed by atoms with Crippen LogP contribution in [0.1, 0.15) is 25.0 Å². The van der Waals surface area contributed by atoms with Crippen molar-refractivity contribution in [1.29, 1.82) is 0 Å². The first-order valence-corrected chi connectivity index (χ1v) is 5.52. The molecule has 0 aliphatic rings. The third-order valence-corrected chi connectivity index (χ3v) is 2.87. The molecule has 0 aromatic heterocycles. The molecular formula is C11H15BrO3. The SMILES string of the molecule is CC[C@@H](O)c1cc(OC)c(Br)cc1OC. The van der Waals surface area contributed by atoms with Crippen LogP contribution >= 0.6 is 15.9 Å². The first-order chi connectivity index (χ1) is 7.13. The normalized spacial score (nSPS) is 12.3. The first kappa shape index (κ1) is 12.3. The summed E-state index contributed by atoms with van der Waals surface area (Å²) in [6.45, 7) is 1.92. The maximum Gasteiger partial charge on any atom is 0.133 e. The highest BCUT2D eigenvalue weighted by Crippen LogP contribution is 2.36. The van der Waals surface area contributed by atoms with Crippen molar-refractivity contribution >= 4 is 15.9 Å². The van der Waals surface area contributed by atoms with Gasteiger partial charge in [0.1, 0.15) is 11.5 Å². The van der Waals surface area contributed by atoms with Crippen molar-refractivity contribution in [3.05, 3.63) is 22.2 Å². The van der Waals surface area contributed by atoms with Crippen molar-refractivity contribution in [2.75, 3.05) is 14.2 Å². The maximum atomic E-state index is 9.80. The molecule has 1 aromatic carbocycles. The maximum absolute atomic E-state index is 9.80. The molecule has 1 aromatic rings. The van der Waals surface area contributed by atoms with Gasteiger partial charge in [0.25, 0.3) is 0 Å². The van der Waals surface area contributed by atoms with Crippen molar-refractivity contribution in [1.82, 2.24) is 0 Å². The molecule has 0 saturated carbocycles. The summed E-state index contributed by atoms with van der Waals surface area (Å²) < 4.78 is 11.2. The number of benzene rings is 1. The minimum absolute atomic E-state index is 0.526. The van der Waals surface area contributed by atoms with Gasteiger partial charge in [-0.25, -0.2) is 0 Å². The summed E-state index contributed by atoms with van der Waals surface area (Å²) in [4.78, 5) is 0. The smallest absolute Gasteiger partial charge is 0.133 e. The number of methoxy groups -OCH3 is 2. The fraction of sp³-hybridized carbons (Fsp3) is 0.455.